The van der Waals surface area contributed by atoms with E-state index in [1.54, 1.807) is 7.11 Å². The summed E-state index contributed by atoms with van der Waals surface area (Å²) in [6.07, 6.45) is 2.29. The monoisotopic (exact) mass is 230 g/mol. The van der Waals surface area contributed by atoms with E-state index in [2.05, 4.69) is 10.3 Å². The van der Waals surface area contributed by atoms with Gasteiger partial charge in [0.25, 0.3) is 0 Å². The molecule has 0 bridgehead atoms. The normalized spacial score (nSPS) is 14.9. The Morgan fingerprint density at radius 3 is 2.82 bits per heavy atom. The van der Waals surface area contributed by atoms with Crippen LogP contribution in [0.4, 0.5) is 5.82 Å². The first kappa shape index (κ1) is 10.1. The maximum Gasteiger partial charge on any atom is 0.174 e. The van der Waals surface area contributed by atoms with Crippen molar-refractivity contribution >= 4 is 5.82 Å². The highest BCUT2D eigenvalue weighted by molar-refractivity contribution is 5.75. The molecule has 5 nitrogen and oxygen atoms in total. The quantitative estimate of drug-likeness (QED) is 0.874. The minimum atomic E-state index is 0.444. The topological polar surface area (TPSA) is 66.0 Å². The van der Waals surface area contributed by atoms with Crippen LogP contribution in [-0.2, 0) is 0 Å². The predicted octanol–water partition coefficient (Wildman–Crippen LogP) is 1.87. The minimum Gasteiger partial charge on any atom is -0.496 e. The van der Waals surface area contributed by atoms with Crippen molar-refractivity contribution in [3.05, 3.63) is 24.3 Å². The Morgan fingerprint density at radius 1 is 1.35 bits per heavy atom. The molecule has 0 unspecified atom stereocenters. The van der Waals surface area contributed by atoms with E-state index in [1.165, 1.54) is 0 Å². The third-order valence-corrected chi connectivity index (χ3v) is 2.98. The second-order valence-electron chi connectivity index (χ2n) is 4.20. The smallest absolute Gasteiger partial charge is 0.174 e. The summed E-state index contributed by atoms with van der Waals surface area (Å²) in [5.41, 5.74) is 7.73. The average molecular weight is 230 g/mol. The first-order valence-corrected chi connectivity index (χ1v) is 5.65. The lowest BCUT2D eigenvalue weighted by atomic mass is 10.1. The molecule has 3 rings (SSSR count). The second kappa shape index (κ2) is 3.76. The van der Waals surface area contributed by atoms with Gasteiger partial charge in [-0.15, -0.1) is 5.10 Å². The maximum atomic E-state index is 5.91. The Morgan fingerprint density at radius 2 is 2.12 bits per heavy atom. The molecule has 17 heavy (non-hydrogen) atoms. The molecule has 2 aromatic rings. The van der Waals surface area contributed by atoms with Gasteiger partial charge < -0.3 is 10.5 Å². The summed E-state index contributed by atoms with van der Waals surface area (Å²) in [6.45, 7) is 0. The second-order valence-corrected chi connectivity index (χ2v) is 4.20. The number of para-hydroxylation sites is 1. The highest BCUT2D eigenvalue weighted by Crippen LogP contribution is 2.41. The van der Waals surface area contributed by atoms with Crippen molar-refractivity contribution < 1.29 is 4.74 Å². The van der Waals surface area contributed by atoms with Gasteiger partial charge in [-0.05, 0) is 25.0 Å². The van der Waals surface area contributed by atoms with Gasteiger partial charge in [0.15, 0.2) is 5.82 Å². The van der Waals surface area contributed by atoms with Crippen LogP contribution in [0.2, 0.25) is 0 Å². The van der Waals surface area contributed by atoms with E-state index in [-0.39, 0.29) is 0 Å². The van der Waals surface area contributed by atoms with Crippen LogP contribution in [0, 0.1) is 0 Å². The fraction of sp³-hybridized carbons (Fsp3) is 0.333. The molecule has 0 saturated heterocycles. The van der Waals surface area contributed by atoms with Gasteiger partial charge in [0, 0.05) is 5.56 Å². The zero-order valence-corrected chi connectivity index (χ0v) is 9.63. The Labute approximate surface area is 99.2 Å². The predicted molar refractivity (Wildman–Crippen MR) is 64.7 cm³/mol. The van der Waals surface area contributed by atoms with Gasteiger partial charge in [-0.25, -0.2) is 4.68 Å². The molecule has 0 aliphatic heterocycles. The molecule has 1 aliphatic carbocycles. The summed E-state index contributed by atoms with van der Waals surface area (Å²) in [4.78, 5) is 0. The molecule has 88 valence electrons. The van der Waals surface area contributed by atoms with E-state index in [0.29, 0.717) is 11.9 Å². The Balaban J connectivity index is 2.16. The fourth-order valence-electron chi connectivity index (χ4n) is 1.98. The van der Waals surface area contributed by atoms with Crippen molar-refractivity contribution in [3.63, 3.8) is 0 Å². The third kappa shape index (κ3) is 1.63. The molecule has 1 saturated carbocycles. The number of aromatic nitrogens is 3. The zero-order chi connectivity index (χ0) is 11.8. The Kier molecular flexibility index (Phi) is 2.24. The summed E-state index contributed by atoms with van der Waals surface area (Å²) >= 11 is 0. The van der Waals surface area contributed by atoms with E-state index in [1.807, 2.05) is 28.9 Å². The highest BCUT2D eigenvalue weighted by Gasteiger charge is 2.29. The number of ether oxygens (including phenoxy) is 1. The van der Waals surface area contributed by atoms with Crippen LogP contribution < -0.4 is 10.5 Å². The number of benzene rings is 1. The standard InChI is InChI=1S/C12H14N4O/c1-17-10-5-3-2-4-9(10)11-12(13)14-15-16(11)8-6-7-8/h2-5,8H,6-7,13H2,1H3. The van der Waals surface area contributed by atoms with E-state index >= 15 is 0 Å². The van der Waals surface area contributed by atoms with Crippen molar-refractivity contribution in [2.24, 2.45) is 0 Å². The lowest BCUT2D eigenvalue weighted by Gasteiger charge is -2.09. The number of nitrogens with two attached hydrogens (primary N) is 1. The van der Waals surface area contributed by atoms with E-state index in [0.717, 1.165) is 29.8 Å². The van der Waals surface area contributed by atoms with Crippen LogP contribution in [0.25, 0.3) is 11.3 Å². The molecule has 1 aromatic carbocycles. The van der Waals surface area contributed by atoms with Crippen LogP contribution in [0.5, 0.6) is 5.75 Å². The average Bonchev–Trinajstić information content (AvgIpc) is 3.13. The van der Waals surface area contributed by atoms with Crippen LogP contribution in [0.1, 0.15) is 18.9 Å². The summed E-state index contributed by atoms with van der Waals surface area (Å²) in [6, 6.07) is 8.23. The van der Waals surface area contributed by atoms with Gasteiger partial charge in [0.2, 0.25) is 0 Å². The first-order chi connectivity index (χ1) is 8.31. The lowest BCUT2D eigenvalue weighted by molar-refractivity contribution is 0.416. The van der Waals surface area contributed by atoms with Crippen molar-refractivity contribution in [1.82, 2.24) is 15.0 Å². The van der Waals surface area contributed by atoms with Gasteiger partial charge in [-0.2, -0.15) is 0 Å². The largest absolute Gasteiger partial charge is 0.496 e. The number of nitrogen functional groups attached to an aromatic ring is 1. The molecule has 5 heteroatoms. The molecular weight excluding hydrogens is 216 g/mol. The van der Waals surface area contributed by atoms with Gasteiger partial charge >= 0.3 is 0 Å². The summed E-state index contributed by atoms with van der Waals surface area (Å²) in [5, 5.41) is 8.08. The van der Waals surface area contributed by atoms with Crippen molar-refractivity contribution in [2.45, 2.75) is 18.9 Å². The molecule has 0 atom stereocenters. The number of methoxy groups -OCH3 is 1. The summed E-state index contributed by atoms with van der Waals surface area (Å²) in [5.74, 6) is 1.25. The van der Waals surface area contributed by atoms with Crippen molar-refractivity contribution in [3.8, 4) is 17.0 Å². The molecule has 0 spiro atoms. The minimum absolute atomic E-state index is 0.444. The van der Waals surface area contributed by atoms with Crippen molar-refractivity contribution in [1.29, 1.82) is 0 Å². The zero-order valence-electron chi connectivity index (χ0n) is 9.63. The van der Waals surface area contributed by atoms with Gasteiger partial charge in [0.1, 0.15) is 11.4 Å². The van der Waals surface area contributed by atoms with Gasteiger partial charge in [-0.3, -0.25) is 0 Å². The van der Waals surface area contributed by atoms with E-state index in [4.69, 9.17) is 10.5 Å². The summed E-state index contributed by atoms with van der Waals surface area (Å²) < 4.78 is 7.26. The van der Waals surface area contributed by atoms with Crippen LogP contribution in [0.3, 0.4) is 0 Å². The number of nitrogens with zero attached hydrogens (tertiary/aromatic N) is 3. The fourth-order valence-corrected chi connectivity index (χ4v) is 1.98. The number of rotatable bonds is 3. The van der Waals surface area contributed by atoms with Crippen LogP contribution in [-0.4, -0.2) is 22.1 Å². The molecular formula is C12H14N4O. The third-order valence-electron chi connectivity index (χ3n) is 2.98. The first-order valence-electron chi connectivity index (χ1n) is 5.65. The Bertz CT molecular complexity index is 545. The van der Waals surface area contributed by atoms with E-state index < -0.39 is 0 Å². The SMILES string of the molecule is COc1ccccc1-c1c(N)nnn1C1CC1. The molecule has 0 amide bonds. The molecule has 2 N–H and O–H groups in total. The number of anilines is 1. The molecule has 1 heterocycles. The molecule has 1 fully saturated rings. The summed E-state index contributed by atoms with van der Waals surface area (Å²) in [7, 11) is 1.65. The Hall–Kier alpha value is -2.04. The maximum absolute atomic E-state index is 5.91. The van der Waals surface area contributed by atoms with E-state index in [9.17, 15) is 0 Å². The highest BCUT2D eigenvalue weighted by atomic mass is 16.5. The van der Waals surface area contributed by atoms with Crippen LogP contribution >= 0.6 is 0 Å². The number of hydrogen-bond donors (Lipinski definition) is 1. The molecule has 1 aromatic heterocycles. The number of hydrogen-bond acceptors (Lipinski definition) is 4. The van der Waals surface area contributed by atoms with Gasteiger partial charge in [-0.1, -0.05) is 17.3 Å². The van der Waals surface area contributed by atoms with Crippen molar-refractivity contribution in [2.75, 3.05) is 12.8 Å². The molecule has 0 radical (unpaired) electrons. The van der Waals surface area contributed by atoms with Gasteiger partial charge in [0.05, 0.1) is 13.2 Å². The lowest BCUT2D eigenvalue weighted by Crippen LogP contribution is -2.01. The molecule has 1 aliphatic rings. The van der Waals surface area contributed by atoms with Crippen LogP contribution in [0.15, 0.2) is 24.3 Å².